The zero-order valence-corrected chi connectivity index (χ0v) is 13.1. The number of carbonyl (C=O) groups is 1. The zero-order chi connectivity index (χ0) is 15.6. The van der Waals surface area contributed by atoms with E-state index < -0.39 is 6.03 Å². The quantitative estimate of drug-likeness (QED) is 0.674. The van der Waals surface area contributed by atoms with E-state index >= 15 is 0 Å². The van der Waals surface area contributed by atoms with Crippen molar-refractivity contribution in [1.82, 2.24) is 10.0 Å². The van der Waals surface area contributed by atoms with Crippen LogP contribution in [-0.4, -0.2) is 21.3 Å². The van der Waals surface area contributed by atoms with E-state index in [-0.39, 0.29) is 12.0 Å². The molecular weight excluding hydrogens is 286 g/mol. The molecule has 3 N–H and O–H groups in total. The molecule has 5 nitrogen and oxygen atoms in total. The van der Waals surface area contributed by atoms with Crippen LogP contribution in [0.2, 0.25) is 0 Å². The maximum Gasteiger partial charge on any atom is 0.338 e. The molecule has 0 unspecified atom stereocenters. The minimum absolute atomic E-state index is 0.0353. The average Bonchev–Trinajstić information content (AvgIpc) is 2.89. The molecule has 0 saturated carbocycles. The second kappa shape index (κ2) is 5.83. The van der Waals surface area contributed by atoms with Crippen LogP contribution in [0.5, 0.6) is 0 Å². The van der Waals surface area contributed by atoms with Crippen molar-refractivity contribution in [3.05, 3.63) is 40.9 Å². The average molecular weight is 305 g/mol. The predicted octanol–water partition coefficient (Wildman–Crippen LogP) is 3.38. The second-order valence-electron chi connectivity index (χ2n) is 5.88. The summed E-state index contributed by atoms with van der Waals surface area (Å²) in [6, 6.07) is 6.68. The Bertz CT molecular complexity index is 629. The fourth-order valence-corrected chi connectivity index (χ4v) is 2.81. The van der Waals surface area contributed by atoms with Crippen molar-refractivity contribution in [3.8, 4) is 10.6 Å². The number of nitrogens with two attached hydrogens (primary N) is 1. The highest BCUT2D eigenvalue weighted by Crippen LogP contribution is 2.29. The van der Waals surface area contributed by atoms with E-state index in [1.54, 1.807) is 11.3 Å². The molecule has 1 aromatic heterocycles. The first-order valence-electron chi connectivity index (χ1n) is 6.58. The van der Waals surface area contributed by atoms with Crippen molar-refractivity contribution >= 4 is 17.4 Å². The molecule has 0 spiro atoms. The van der Waals surface area contributed by atoms with Gasteiger partial charge in [0.1, 0.15) is 5.01 Å². The van der Waals surface area contributed by atoms with Crippen molar-refractivity contribution in [1.29, 1.82) is 0 Å². The number of aromatic nitrogens is 1. The van der Waals surface area contributed by atoms with Crippen molar-refractivity contribution in [2.45, 2.75) is 32.7 Å². The van der Waals surface area contributed by atoms with Crippen LogP contribution in [0.3, 0.4) is 0 Å². The molecule has 2 rings (SSSR count). The van der Waals surface area contributed by atoms with Crippen molar-refractivity contribution in [3.63, 3.8) is 0 Å². The Morgan fingerprint density at radius 3 is 2.43 bits per heavy atom. The summed E-state index contributed by atoms with van der Waals surface area (Å²) in [6.45, 7) is 6.47. The molecule has 0 radical (unpaired) electrons. The Morgan fingerprint density at radius 1 is 1.33 bits per heavy atom. The number of nitrogens with zero attached hydrogens (tertiary/aromatic N) is 2. The second-order valence-corrected chi connectivity index (χ2v) is 6.74. The molecule has 1 aromatic carbocycles. The third kappa shape index (κ3) is 3.80. The molecular formula is C15H19N3O2S. The number of hydrogen-bond acceptors (Lipinski definition) is 4. The van der Waals surface area contributed by atoms with Gasteiger partial charge in [0, 0.05) is 16.4 Å². The minimum Gasteiger partial charge on any atom is -0.350 e. The Hall–Kier alpha value is -1.92. The molecule has 0 fully saturated rings. The largest absolute Gasteiger partial charge is 0.350 e. The Balaban J connectivity index is 2.15. The van der Waals surface area contributed by atoms with Gasteiger partial charge in [-0.1, -0.05) is 45.0 Å². The van der Waals surface area contributed by atoms with E-state index in [2.05, 4.69) is 31.1 Å². The van der Waals surface area contributed by atoms with Crippen LogP contribution in [-0.2, 0) is 12.0 Å². The number of benzene rings is 1. The molecule has 0 aliphatic rings. The molecule has 1 heterocycles. The van der Waals surface area contributed by atoms with E-state index in [9.17, 15) is 10.0 Å². The number of amides is 2. The number of carbonyl (C=O) groups excluding carboxylic acids is 1. The van der Waals surface area contributed by atoms with Gasteiger partial charge in [-0.25, -0.2) is 14.8 Å². The molecule has 0 saturated heterocycles. The maximum atomic E-state index is 10.8. The molecule has 112 valence electrons. The summed E-state index contributed by atoms with van der Waals surface area (Å²) in [5, 5.41) is 12.8. The number of primary amides is 1. The van der Waals surface area contributed by atoms with E-state index in [1.165, 1.54) is 0 Å². The SMILES string of the molecule is CC(C)(C)c1csc(-c2ccc(CN(O)C(N)=O)cc2)n1. The highest BCUT2D eigenvalue weighted by molar-refractivity contribution is 7.13. The van der Waals surface area contributed by atoms with Gasteiger partial charge >= 0.3 is 6.03 Å². The van der Waals surface area contributed by atoms with Gasteiger partial charge in [-0.3, -0.25) is 5.21 Å². The lowest BCUT2D eigenvalue weighted by Gasteiger charge is -2.14. The Morgan fingerprint density at radius 2 is 1.95 bits per heavy atom. The van der Waals surface area contributed by atoms with Crippen LogP contribution < -0.4 is 5.73 Å². The number of rotatable bonds is 3. The van der Waals surface area contributed by atoms with Crippen LogP contribution in [0.15, 0.2) is 29.6 Å². The van der Waals surface area contributed by atoms with Crippen LogP contribution >= 0.6 is 11.3 Å². The summed E-state index contributed by atoms with van der Waals surface area (Å²) in [6.07, 6.45) is 0. The lowest BCUT2D eigenvalue weighted by molar-refractivity contribution is -0.0470. The lowest BCUT2D eigenvalue weighted by atomic mass is 9.93. The molecule has 2 aromatic rings. The molecule has 21 heavy (non-hydrogen) atoms. The highest BCUT2D eigenvalue weighted by Gasteiger charge is 2.17. The van der Waals surface area contributed by atoms with E-state index in [0.717, 1.165) is 21.8 Å². The van der Waals surface area contributed by atoms with Gasteiger partial charge in [-0.15, -0.1) is 11.3 Å². The topological polar surface area (TPSA) is 79.5 Å². The summed E-state index contributed by atoms with van der Waals surface area (Å²) in [5.74, 6) is 0. The van der Waals surface area contributed by atoms with Gasteiger partial charge in [-0.05, 0) is 5.56 Å². The number of urea groups is 1. The standard InChI is InChI=1S/C15H19N3O2S/c1-15(2,3)12-9-21-13(17-12)11-6-4-10(5-7-11)8-18(20)14(16)19/h4-7,9,20H,8H2,1-3H3,(H2,16,19). The Kier molecular flexibility index (Phi) is 4.29. The van der Waals surface area contributed by atoms with Crippen LogP contribution in [0.1, 0.15) is 32.0 Å². The van der Waals surface area contributed by atoms with Crippen molar-refractivity contribution in [2.24, 2.45) is 5.73 Å². The first kappa shape index (κ1) is 15.5. The molecule has 0 atom stereocenters. The van der Waals surface area contributed by atoms with E-state index in [0.29, 0.717) is 5.06 Å². The number of hydroxylamine groups is 2. The fourth-order valence-electron chi connectivity index (χ4n) is 1.75. The lowest BCUT2D eigenvalue weighted by Crippen LogP contribution is -2.31. The van der Waals surface area contributed by atoms with Gasteiger partial charge in [-0.2, -0.15) is 0 Å². The van der Waals surface area contributed by atoms with Crippen LogP contribution in [0, 0.1) is 0 Å². The fraction of sp³-hybridized carbons (Fsp3) is 0.333. The first-order valence-corrected chi connectivity index (χ1v) is 7.46. The van der Waals surface area contributed by atoms with E-state index in [1.807, 2.05) is 24.3 Å². The van der Waals surface area contributed by atoms with Crippen molar-refractivity contribution in [2.75, 3.05) is 0 Å². The number of thiazole rings is 1. The summed E-state index contributed by atoms with van der Waals surface area (Å²) < 4.78 is 0. The Labute approximate surface area is 128 Å². The van der Waals surface area contributed by atoms with E-state index in [4.69, 9.17) is 5.73 Å². The summed E-state index contributed by atoms with van der Waals surface area (Å²) in [5.41, 5.74) is 7.90. The summed E-state index contributed by atoms with van der Waals surface area (Å²) >= 11 is 1.61. The van der Waals surface area contributed by atoms with Gasteiger partial charge in [0.2, 0.25) is 0 Å². The molecule has 0 aliphatic heterocycles. The van der Waals surface area contributed by atoms with Crippen LogP contribution in [0.25, 0.3) is 10.6 Å². The third-order valence-corrected chi connectivity index (χ3v) is 3.95. The summed E-state index contributed by atoms with van der Waals surface area (Å²) in [7, 11) is 0. The van der Waals surface area contributed by atoms with Crippen molar-refractivity contribution < 1.29 is 10.0 Å². The maximum absolute atomic E-state index is 10.8. The molecule has 2 amide bonds. The van der Waals surface area contributed by atoms with Gasteiger partial charge in [0.15, 0.2) is 0 Å². The molecule has 6 heteroatoms. The smallest absolute Gasteiger partial charge is 0.338 e. The van der Waals surface area contributed by atoms with Gasteiger partial charge < -0.3 is 5.73 Å². The third-order valence-electron chi connectivity index (χ3n) is 3.06. The zero-order valence-electron chi connectivity index (χ0n) is 12.3. The monoisotopic (exact) mass is 305 g/mol. The predicted molar refractivity (Wildman–Crippen MR) is 83.2 cm³/mol. The molecule has 0 bridgehead atoms. The van der Waals surface area contributed by atoms with Gasteiger partial charge in [0.05, 0.1) is 12.2 Å². The van der Waals surface area contributed by atoms with Gasteiger partial charge in [0.25, 0.3) is 0 Å². The molecule has 0 aliphatic carbocycles. The first-order chi connectivity index (χ1) is 9.77. The minimum atomic E-state index is -0.867. The normalized spacial score (nSPS) is 11.4. The highest BCUT2D eigenvalue weighted by atomic mass is 32.1. The number of hydrogen-bond donors (Lipinski definition) is 2. The van der Waals surface area contributed by atoms with Crippen LogP contribution in [0.4, 0.5) is 4.79 Å². The summed E-state index contributed by atoms with van der Waals surface area (Å²) in [4.78, 5) is 15.4.